The molecule has 1 aromatic carbocycles. The van der Waals surface area contributed by atoms with Gasteiger partial charge in [-0.25, -0.2) is 0 Å². The van der Waals surface area contributed by atoms with Gasteiger partial charge in [0, 0.05) is 10.1 Å². The van der Waals surface area contributed by atoms with Gasteiger partial charge in [0.2, 0.25) is 0 Å². The summed E-state index contributed by atoms with van der Waals surface area (Å²) in [5, 5.41) is 0. The van der Waals surface area contributed by atoms with Crippen LogP contribution in [-0.4, -0.2) is 12.1 Å². The van der Waals surface area contributed by atoms with E-state index in [-0.39, 0.29) is 5.60 Å². The second-order valence-electron chi connectivity index (χ2n) is 3.45. The van der Waals surface area contributed by atoms with Crippen LogP contribution in [0.5, 0.6) is 5.75 Å². The highest BCUT2D eigenvalue weighted by molar-refractivity contribution is 14.1. The molecule has 1 fully saturated rings. The van der Waals surface area contributed by atoms with Crippen LogP contribution in [0.4, 0.5) is 0 Å². The molecule has 0 heterocycles. The number of nitrogens with two attached hydrogens (primary N) is 1. The molecule has 2 rings (SSSR count). The molecule has 1 saturated carbocycles. The minimum atomic E-state index is -0.0373. The molecule has 0 spiro atoms. The second kappa shape index (κ2) is 3.46. The standard InChI is InChI=1S/C10H12INO/c11-8-2-1-3-9(6-8)13-10(7-12)4-5-10/h1-3,6H,4-5,7,12H2. The lowest BCUT2D eigenvalue weighted by molar-refractivity contribution is 0.187. The Labute approximate surface area is 91.6 Å². The Morgan fingerprint density at radius 3 is 2.77 bits per heavy atom. The van der Waals surface area contributed by atoms with Crippen molar-refractivity contribution in [3.8, 4) is 5.75 Å². The maximum atomic E-state index is 5.81. The maximum Gasteiger partial charge on any atom is 0.121 e. The Kier molecular flexibility index (Phi) is 2.47. The molecule has 2 N–H and O–H groups in total. The zero-order chi connectivity index (χ0) is 9.31. The smallest absolute Gasteiger partial charge is 0.121 e. The van der Waals surface area contributed by atoms with Gasteiger partial charge in [-0.1, -0.05) is 6.07 Å². The predicted octanol–water partition coefficient (Wildman–Crippen LogP) is 2.16. The molecule has 0 aromatic heterocycles. The lowest BCUT2D eigenvalue weighted by atomic mass is 10.3. The van der Waals surface area contributed by atoms with E-state index in [1.807, 2.05) is 18.2 Å². The van der Waals surface area contributed by atoms with Crippen LogP contribution in [0.15, 0.2) is 24.3 Å². The van der Waals surface area contributed by atoms with Crippen molar-refractivity contribution in [2.75, 3.05) is 6.54 Å². The summed E-state index contributed by atoms with van der Waals surface area (Å²) in [7, 11) is 0. The highest BCUT2D eigenvalue weighted by Gasteiger charge is 2.44. The Morgan fingerprint density at radius 1 is 1.46 bits per heavy atom. The summed E-state index contributed by atoms with van der Waals surface area (Å²) in [6.07, 6.45) is 2.18. The molecule has 0 amide bonds. The highest BCUT2D eigenvalue weighted by atomic mass is 127. The minimum absolute atomic E-state index is 0.0373. The molecule has 1 aliphatic carbocycles. The normalized spacial score (nSPS) is 18.3. The van der Waals surface area contributed by atoms with Crippen LogP contribution in [0.1, 0.15) is 12.8 Å². The zero-order valence-electron chi connectivity index (χ0n) is 7.29. The molecule has 1 aromatic rings. The molecule has 0 bridgehead atoms. The predicted molar refractivity (Wildman–Crippen MR) is 60.8 cm³/mol. The van der Waals surface area contributed by atoms with E-state index < -0.39 is 0 Å². The maximum absolute atomic E-state index is 5.81. The average Bonchev–Trinajstić information content (AvgIpc) is 2.86. The summed E-state index contributed by atoms with van der Waals surface area (Å²) in [5.41, 5.74) is 5.59. The van der Waals surface area contributed by atoms with Crippen molar-refractivity contribution >= 4 is 22.6 Å². The van der Waals surface area contributed by atoms with Gasteiger partial charge < -0.3 is 10.5 Å². The first-order valence-electron chi connectivity index (χ1n) is 4.39. The number of hydrogen-bond donors (Lipinski definition) is 1. The van der Waals surface area contributed by atoms with Gasteiger partial charge in [0.1, 0.15) is 11.4 Å². The Hall–Kier alpha value is -0.290. The molecule has 0 atom stereocenters. The van der Waals surface area contributed by atoms with E-state index in [1.54, 1.807) is 0 Å². The number of ether oxygens (including phenoxy) is 1. The lowest BCUT2D eigenvalue weighted by Gasteiger charge is -2.15. The summed E-state index contributed by atoms with van der Waals surface area (Å²) >= 11 is 2.28. The summed E-state index contributed by atoms with van der Waals surface area (Å²) in [4.78, 5) is 0. The molecule has 1 aliphatic rings. The topological polar surface area (TPSA) is 35.2 Å². The lowest BCUT2D eigenvalue weighted by Crippen LogP contribution is -2.28. The van der Waals surface area contributed by atoms with E-state index in [9.17, 15) is 0 Å². The molecule has 0 saturated heterocycles. The Morgan fingerprint density at radius 2 is 2.23 bits per heavy atom. The van der Waals surface area contributed by atoms with Crippen molar-refractivity contribution in [2.45, 2.75) is 18.4 Å². The fraction of sp³-hybridized carbons (Fsp3) is 0.400. The fourth-order valence-electron chi connectivity index (χ4n) is 1.27. The van der Waals surface area contributed by atoms with Crippen molar-refractivity contribution in [1.82, 2.24) is 0 Å². The van der Waals surface area contributed by atoms with Gasteiger partial charge in [-0.2, -0.15) is 0 Å². The van der Waals surface area contributed by atoms with Crippen LogP contribution in [-0.2, 0) is 0 Å². The summed E-state index contributed by atoms with van der Waals surface area (Å²) < 4.78 is 7.01. The zero-order valence-corrected chi connectivity index (χ0v) is 9.45. The van der Waals surface area contributed by atoms with E-state index in [4.69, 9.17) is 10.5 Å². The Balaban J connectivity index is 2.09. The van der Waals surface area contributed by atoms with E-state index >= 15 is 0 Å². The second-order valence-corrected chi connectivity index (χ2v) is 4.69. The molecule has 0 unspecified atom stereocenters. The first-order valence-corrected chi connectivity index (χ1v) is 5.47. The van der Waals surface area contributed by atoms with Gasteiger partial charge in [0.15, 0.2) is 0 Å². The molecule has 13 heavy (non-hydrogen) atoms. The van der Waals surface area contributed by atoms with Crippen LogP contribution in [0.3, 0.4) is 0 Å². The van der Waals surface area contributed by atoms with Gasteiger partial charge in [-0.3, -0.25) is 0 Å². The summed E-state index contributed by atoms with van der Waals surface area (Å²) in [6.45, 7) is 0.623. The van der Waals surface area contributed by atoms with Crippen molar-refractivity contribution in [3.63, 3.8) is 0 Å². The van der Waals surface area contributed by atoms with Crippen molar-refractivity contribution in [2.24, 2.45) is 5.73 Å². The van der Waals surface area contributed by atoms with Crippen molar-refractivity contribution in [1.29, 1.82) is 0 Å². The monoisotopic (exact) mass is 289 g/mol. The van der Waals surface area contributed by atoms with Crippen LogP contribution < -0.4 is 10.5 Å². The third-order valence-electron chi connectivity index (χ3n) is 2.31. The average molecular weight is 289 g/mol. The number of hydrogen-bond acceptors (Lipinski definition) is 2. The van der Waals surface area contributed by atoms with E-state index in [0.29, 0.717) is 6.54 Å². The number of benzene rings is 1. The molecule has 0 aliphatic heterocycles. The van der Waals surface area contributed by atoms with E-state index in [0.717, 1.165) is 18.6 Å². The number of rotatable bonds is 3. The Bertz CT molecular complexity index is 310. The first-order chi connectivity index (χ1) is 6.24. The molecule has 3 heteroatoms. The van der Waals surface area contributed by atoms with Crippen LogP contribution in [0, 0.1) is 3.57 Å². The van der Waals surface area contributed by atoms with Crippen LogP contribution >= 0.6 is 22.6 Å². The molecular formula is C10H12INO. The molecular weight excluding hydrogens is 277 g/mol. The van der Waals surface area contributed by atoms with Crippen molar-refractivity contribution < 1.29 is 4.74 Å². The van der Waals surface area contributed by atoms with E-state index in [1.165, 1.54) is 3.57 Å². The molecule has 2 nitrogen and oxygen atoms in total. The van der Waals surface area contributed by atoms with E-state index in [2.05, 4.69) is 28.7 Å². The highest BCUT2D eigenvalue weighted by Crippen LogP contribution is 2.39. The third kappa shape index (κ3) is 2.14. The van der Waals surface area contributed by atoms with Crippen molar-refractivity contribution in [3.05, 3.63) is 27.8 Å². The van der Waals surface area contributed by atoms with Crippen LogP contribution in [0.25, 0.3) is 0 Å². The van der Waals surface area contributed by atoms with Gasteiger partial charge in [0.25, 0.3) is 0 Å². The quantitative estimate of drug-likeness (QED) is 0.865. The number of halogens is 1. The molecule has 0 radical (unpaired) electrons. The SMILES string of the molecule is NCC1(Oc2cccc(I)c2)CC1. The largest absolute Gasteiger partial charge is 0.486 e. The first kappa shape index (κ1) is 9.27. The fourth-order valence-corrected chi connectivity index (χ4v) is 1.78. The van der Waals surface area contributed by atoms with Crippen LogP contribution in [0.2, 0.25) is 0 Å². The van der Waals surface area contributed by atoms with Gasteiger partial charge in [0.05, 0.1) is 0 Å². The van der Waals surface area contributed by atoms with Gasteiger partial charge >= 0.3 is 0 Å². The summed E-state index contributed by atoms with van der Waals surface area (Å²) in [6, 6.07) is 8.08. The minimum Gasteiger partial charge on any atom is -0.486 e. The third-order valence-corrected chi connectivity index (χ3v) is 2.98. The van der Waals surface area contributed by atoms with Gasteiger partial charge in [-0.05, 0) is 53.6 Å². The molecule has 70 valence electrons. The summed E-state index contributed by atoms with van der Waals surface area (Å²) in [5.74, 6) is 0.940. The van der Waals surface area contributed by atoms with Gasteiger partial charge in [-0.15, -0.1) is 0 Å².